The van der Waals surface area contributed by atoms with Crippen molar-refractivity contribution in [2.24, 2.45) is 5.41 Å². The minimum Gasteiger partial charge on any atom is -0.206 e. The van der Waals surface area contributed by atoms with E-state index >= 15 is 0 Å². The largest absolute Gasteiger partial charge is 0.254 e. The summed E-state index contributed by atoms with van der Waals surface area (Å²) < 4.78 is 23.7. The molecule has 41 valence electrons. The van der Waals surface area contributed by atoms with E-state index in [1.54, 1.807) is 0 Å². The molecule has 0 spiro atoms. The van der Waals surface area contributed by atoms with Crippen molar-refractivity contribution in [2.45, 2.75) is 19.3 Å². The third-order valence-electron chi connectivity index (χ3n) is 1.37. The van der Waals surface area contributed by atoms with Crippen molar-refractivity contribution in [3.8, 4) is 0 Å². The molecule has 1 saturated carbocycles. The van der Waals surface area contributed by atoms with Crippen LogP contribution in [0.25, 0.3) is 0 Å². The fourth-order valence-corrected chi connectivity index (χ4v) is 0.446. The number of hydrogen-bond acceptors (Lipinski definition) is 0. The van der Waals surface area contributed by atoms with Gasteiger partial charge in [0.1, 0.15) is 0 Å². The predicted octanol–water partition coefficient (Wildman–Crippen LogP) is 1.87. The fourth-order valence-electron chi connectivity index (χ4n) is 0.446. The normalized spacial score (nSPS) is 32.6. The second-order valence-electron chi connectivity index (χ2n) is 2.44. The minimum atomic E-state index is -2.47. The van der Waals surface area contributed by atoms with E-state index in [0.717, 1.165) is 0 Å². The van der Waals surface area contributed by atoms with Crippen LogP contribution < -0.4 is 0 Å². The van der Waals surface area contributed by atoms with Gasteiger partial charge in [-0.05, 0) is 6.92 Å². The number of alkyl halides is 2. The Morgan fingerprint density at radius 1 is 1.57 bits per heavy atom. The second kappa shape index (κ2) is 0.837. The maximum atomic E-state index is 11.8. The Kier molecular flexibility index (Phi) is 0.598. The monoisotopic (exact) mass is 105 g/mol. The molecule has 1 unspecified atom stereocenters. The molecule has 0 heterocycles. The summed E-state index contributed by atoms with van der Waals surface area (Å²) in [5.41, 5.74) is -0.938. The van der Waals surface area contributed by atoms with E-state index in [4.69, 9.17) is 0 Å². The standard InChI is InChI=1S/C5H7F2/c1-4(2)3-5(4,6)7/h1,3H2,2H3. The van der Waals surface area contributed by atoms with E-state index in [9.17, 15) is 8.78 Å². The molecule has 0 aliphatic heterocycles. The lowest BCUT2D eigenvalue weighted by atomic mass is 10.2. The van der Waals surface area contributed by atoms with Gasteiger partial charge in [0.2, 0.25) is 0 Å². The van der Waals surface area contributed by atoms with Gasteiger partial charge in [-0.25, -0.2) is 8.78 Å². The van der Waals surface area contributed by atoms with Crippen LogP contribution in [0.2, 0.25) is 0 Å². The van der Waals surface area contributed by atoms with Gasteiger partial charge in [-0.1, -0.05) is 6.92 Å². The summed E-state index contributed by atoms with van der Waals surface area (Å²) in [6.45, 7) is 4.75. The van der Waals surface area contributed by atoms with Crippen LogP contribution >= 0.6 is 0 Å². The third-order valence-corrected chi connectivity index (χ3v) is 1.37. The molecule has 0 amide bonds. The van der Waals surface area contributed by atoms with Gasteiger partial charge in [-0.2, -0.15) is 0 Å². The molecule has 0 bridgehead atoms. The Balaban J connectivity index is 2.59. The maximum absolute atomic E-state index is 11.8. The molecule has 1 fully saturated rings. The quantitative estimate of drug-likeness (QED) is 0.441. The molecule has 0 N–H and O–H groups in total. The second-order valence-corrected chi connectivity index (χ2v) is 2.44. The van der Waals surface area contributed by atoms with Gasteiger partial charge in [0.15, 0.2) is 0 Å². The van der Waals surface area contributed by atoms with Crippen molar-refractivity contribution >= 4 is 0 Å². The first-order chi connectivity index (χ1) is 2.96. The lowest BCUT2D eigenvalue weighted by Gasteiger charge is -1.95. The molecule has 1 atom stereocenters. The zero-order chi connectivity index (χ0) is 5.71. The van der Waals surface area contributed by atoms with Crippen molar-refractivity contribution < 1.29 is 8.78 Å². The zero-order valence-electron chi connectivity index (χ0n) is 4.17. The van der Waals surface area contributed by atoms with Crippen LogP contribution in [0.4, 0.5) is 8.78 Å². The average Bonchev–Trinajstić information content (AvgIpc) is 1.63. The number of halogens is 2. The highest BCUT2D eigenvalue weighted by atomic mass is 19.3. The first kappa shape index (κ1) is 5.01. The summed E-state index contributed by atoms with van der Waals surface area (Å²) >= 11 is 0. The molecular weight excluding hydrogens is 98.1 g/mol. The first-order valence-electron chi connectivity index (χ1n) is 2.19. The SMILES string of the molecule is [CH2]C1(C)CC1(F)F. The van der Waals surface area contributed by atoms with Crippen molar-refractivity contribution in [1.29, 1.82) is 0 Å². The van der Waals surface area contributed by atoms with E-state index in [2.05, 4.69) is 6.92 Å². The number of rotatable bonds is 0. The van der Waals surface area contributed by atoms with Crippen molar-refractivity contribution in [3.63, 3.8) is 0 Å². The molecule has 0 saturated heterocycles. The van der Waals surface area contributed by atoms with Crippen LogP contribution in [0.3, 0.4) is 0 Å². The molecule has 1 radical (unpaired) electrons. The molecule has 1 rings (SSSR count). The average molecular weight is 105 g/mol. The van der Waals surface area contributed by atoms with Crippen molar-refractivity contribution in [3.05, 3.63) is 6.92 Å². The zero-order valence-corrected chi connectivity index (χ0v) is 4.17. The van der Waals surface area contributed by atoms with Gasteiger partial charge < -0.3 is 0 Å². The van der Waals surface area contributed by atoms with E-state index in [0.29, 0.717) is 0 Å². The van der Waals surface area contributed by atoms with Gasteiger partial charge in [0.25, 0.3) is 5.92 Å². The van der Waals surface area contributed by atoms with E-state index in [1.807, 2.05) is 0 Å². The summed E-state index contributed by atoms with van der Waals surface area (Å²) in [5, 5.41) is 0. The Bertz CT molecular complexity index is 82.3. The van der Waals surface area contributed by atoms with Crippen molar-refractivity contribution in [1.82, 2.24) is 0 Å². The van der Waals surface area contributed by atoms with Crippen LogP contribution in [0.15, 0.2) is 0 Å². The minimum absolute atomic E-state index is 0.0417. The maximum Gasteiger partial charge on any atom is 0.254 e. The highest BCUT2D eigenvalue weighted by Gasteiger charge is 2.64. The highest BCUT2D eigenvalue weighted by Crippen LogP contribution is 2.59. The molecule has 0 aromatic heterocycles. The molecule has 0 aromatic carbocycles. The van der Waals surface area contributed by atoms with Crippen LogP contribution in [0.5, 0.6) is 0 Å². The van der Waals surface area contributed by atoms with Gasteiger partial charge >= 0.3 is 0 Å². The Hall–Kier alpha value is -0.140. The summed E-state index contributed by atoms with van der Waals surface area (Å²) in [6, 6.07) is 0. The Labute approximate surface area is 41.5 Å². The lowest BCUT2D eigenvalue weighted by molar-refractivity contribution is 0.0837. The van der Waals surface area contributed by atoms with Gasteiger partial charge in [0, 0.05) is 11.8 Å². The predicted molar refractivity (Wildman–Crippen MR) is 23.0 cm³/mol. The van der Waals surface area contributed by atoms with E-state index < -0.39 is 11.3 Å². The molecule has 0 nitrogen and oxygen atoms in total. The summed E-state index contributed by atoms with van der Waals surface area (Å²) in [4.78, 5) is 0. The van der Waals surface area contributed by atoms with Crippen LogP contribution in [-0.2, 0) is 0 Å². The van der Waals surface area contributed by atoms with Crippen molar-refractivity contribution in [2.75, 3.05) is 0 Å². The van der Waals surface area contributed by atoms with Gasteiger partial charge in [-0.3, -0.25) is 0 Å². The first-order valence-corrected chi connectivity index (χ1v) is 2.19. The van der Waals surface area contributed by atoms with Gasteiger partial charge in [-0.15, -0.1) is 0 Å². The van der Waals surface area contributed by atoms with Crippen LogP contribution in [0.1, 0.15) is 13.3 Å². The molecular formula is C5H7F2. The van der Waals surface area contributed by atoms with Crippen LogP contribution in [0, 0.1) is 12.3 Å². The third kappa shape index (κ3) is 0.528. The van der Waals surface area contributed by atoms with E-state index in [1.165, 1.54) is 6.92 Å². The Morgan fingerprint density at radius 3 is 1.71 bits per heavy atom. The number of hydrogen-bond donors (Lipinski definition) is 0. The Morgan fingerprint density at radius 2 is 1.71 bits per heavy atom. The topological polar surface area (TPSA) is 0 Å². The lowest BCUT2D eigenvalue weighted by Crippen LogP contribution is -1.99. The van der Waals surface area contributed by atoms with Crippen LogP contribution in [-0.4, -0.2) is 5.92 Å². The molecule has 2 heteroatoms. The smallest absolute Gasteiger partial charge is 0.206 e. The molecule has 1 aliphatic carbocycles. The highest BCUT2D eigenvalue weighted by molar-refractivity contribution is 5.08. The summed E-state index contributed by atoms with van der Waals surface area (Å²) in [7, 11) is 0. The van der Waals surface area contributed by atoms with E-state index in [-0.39, 0.29) is 6.42 Å². The fraction of sp³-hybridized carbons (Fsp3) is 0.800. The molecule has 0 aromatic rings. The summed E-state index contributed by atoms with van der Waals surface area (Å²) in [5.74, 6) is -2.47. The molecule has 1 aliphatic rings. The molecule has 7 heavy (non-hydrogen) atoms. The van der Waals surface area contributed by atoms with Gasteiger partial charge in [0.05, 0.1) is 0 Å². The summed E-state index contributed by atoms with van der Waals surface area (Å²) in [6.07, 6.45) is -0.0417.